The molecule has 0 bridgehead atoms. The normalized spacial score (nSPS) is 14.1. The quantitative estimate of drug-likeness (QED) is 0.0222. The molecule has 0 amide bonds. The van der Waals surface area contributed by atoms with Crippen LogP contribution in [0, 0.1) is 23.7 Å². The molecule has 5 atom stereocenters. The summed E-state index contributed by atoms with van der Waals surface area (Å²) in [5, 5.41) is 10.6. The van der Waals surface area contributed by atoms with Gasteiger partial charge in [-0.2, -0.15) is 0 Å². The van der Waals surface area contributed by atoms with E-state index in [-0.39, 0.29) is 25.7 Å². The molecule has 0 spiro atoms. The van der Waals surface area contributed by atoms with Crippen LogP contribution in [-0.4, -0.2) is 96.7 Å². The number of hydrogen-bond acceptors (Lipinski definition) is 15. The summed E-state index contributed by atoms with van der Waals surface area (Å²) in [6.07, 6.45) is 55.7. The Morgan fingerprint density at radius 1 is 0.253 bits per heavy atom. The first-order chi connectivity index (χ1) is 47.6. The van der Waals surface area contributed by atoms with Gasteiger partial charge in [0.2, 0.25) is 0 Å². The van der Waals surface area contributed by atoms with Crippen LogP contribution in [0.4, 0.5) is 0 Å². The Kier molecular flexibility index (Phi) is 67.8. The molecule has 0 aliphatic carbocycles. The van der Waals surface area contributed by atoms with Crippen molar-refractivity contribution in [3.63, 3.8) is 0 Å². The summed E-state index contributed by atoms with van der Waals surface area (Å²) < 4.78 is 68.6. The maximum atomic E-state index is 13.1. The number of rotatable bonds is 77. The fourth-order valence-corrected chi connectivity index (χ4v) is 13.8. The molecule has 19 heteroatoms. The fraction of sp³-hybridized carbons (Fsp3) is 0.950. The van der Waals surface area contributed by atoms with Crippen LogP contribution in [0.1, 0.15) is 409 Å². The number of aliphatic hydroxyl groups is 1. The van der Waals surface area contributed by atoms with E-state index < -0.39 is 97.5 Å². The summed E-state index contributed by atoms with van der Waals surface area (Å²) in [6, 6.07) is 0. The smallest absolute Gasteiger partial charge is 0.462 e. The molecule has 3 N–H and O–H groups in total. The Balaban J connectivity index is 5.21. The summed E-state index contributed by atoms with van der Waals surface area (Å²) >= 11 is 0. The third kappa shape index (κ3) is 74.1. The first-order valence-electron chi connectivity index (χ1n) is 41.2. The highest BCUT2D eigenvalue weighted by atomic mass is 31.2. The Morgan fingerprint density at radius 2 is 0.424 bits per heavy atom. The second-order valence-corrected chi connectivity index (χ2v) is 33.6. The molecule has 0 rings (SSSR count). The van der Waals surface area contributed by atoms with Crippen molar-refractivity contribution in [3.05, 3.63) is 0 Å². The molecule has 0 radical (unpaired) electrons. The lowest BCUT2D eigenvalue weighted by molar-refractivity contribution is -0.161. The zero-order valence-corrected chi connectivity index (χ0v) is 66.9. The van der Waals surface area contributed by atoms with Crippen LogP contribution >= 0.6 is 15.6 Å². The number of phosphoric ester groups is 2. The van der Waals surface area contributed by atoms with E-state index in [1.54, 1.807) is 0 Å². The van der Waals surface area contributed by atoms with Gasteiger partial charge in [-0.05, 0) is 49.4 Å². The lowest BCUT2D eigenvalue weighted by Gasteiger charge is -2.21. The molecule has 99 heavy (non-hydrogen) atoms. The van der Waals surface area contributed by atoms with Gasteiger partial charge in [-0.15, -0.1) is 0 Å². The summed E-state index contributed by atoms with van der Waals surface area (Å²) in [6.45, 7) is 14.2. The van der Waals surface area contributed by atoms with Crippen LogP contribution in [0.25, 0.3) is 0 Å². The molecule has 0 saturated carbocycles. The predicted octanol–water partition coefficient (Wildman–Crippen LogP) is 23.6. The third-order valence-electron chi connectivity index (χ3n) is 18.6. The van der Waals surface area contributed by atoms with Crippen LogP contribution in [0.5, 0.6) is 0 Å². The van der Waals surface area contributed by atoms with E-state index in [4.69, 9.17) is 37.0 Å². The van der Waals surface area contributed by atoms with Crippen molar-refractivity contribution in [3.8, 4) is 0 Å². The standard InChI is InChI=1S/C80H156O17P2/c1-70(2)56-48-40-32-26-20-15-13-11-9-10-12-14-16-23-30-36-46-54-62-79(84)96-75(66-90-77(82)60-52-44-35-29-25-19-22-28-34-42-50-58-72(5)6)68-94-98(86,87)92-64-74(81)65-93-99(88,89)95-69-76(67-91-78(83)61-53-45-39-38-43-51-59-73(7)8)97-80(85)63-55-47-37-31-24-18-17-21-27-33-41-49-57-71(3)4/h70-76,81H,9-69H2,1-8H3,(H,86,87)(H,88,89)/t74-,75-,76-/m1/s1. The molecule has 0 aliphatic rings. The summed E-state index contributed by atoms with van der Waals surface area (Å²) in [5.41, 5.74) is 0. The maximum Gasteiger partial charge on any atom is 0.472 e. The molecule has 2 unspecified atom stereocenters. The second-order valence-electron chi connectivity index (χ2n) is 30.7. The predicted molar refractivity (Wildman–Crippen MR) is 404 cm³/mol. The molecule has 588 valence electrons. The molecule has 0 aliphatic heterocycles. The molecule has 17 nitrogen and oxygen atoms in total. The molecule has 0 saturated heterocycles. The summed E-state index contributed by atoms with van der Waals surface area (Å²) in [4.78, 5) is 72.9. The van der Waals surface area contributed by atoms with Crippen LogP contribution < -0.4 is 0 Å². The van der Waals surface area contributed by atoms with Crippen LogP contribution in [0.15, 0.2) is 0 Å². The van der Waals surface area contributed by atoms with Gasteiger partial charge in [0.25, 0.3) is 0 Å². The van der Waals surface area contributed by atoms with Crippen LogP contribution in [0.3, 0.4) is 0 Å². The average molecular weight is 1450 g/mol. The number of unbranched alkanes of at least 4 members (excludes halogenated alkanes) is 43. The Bertz CT molecular complexity index is 1940. The van der Waals surface area contributed by atoms with Gasteiger partial charge in [-0.3, -0.25) is 37.3 Å². The minimum absolute atomic E-state index is 0.106. The van der Waals surface area contributed by atoms with Crippen LogP contribution in [-0.2, 0) is 65.4 Å². The Labute approximate surface area is 607 Å². The van der Waals surface area contributed by atoms with Crippen LogP contribution in [0.2, 0.25) is 0 Å². The first kappa shape index (κ1) is 97.1. The van der Waals surface area contributed by atoms with Crippen molar-refractivity contribution in [1.82, 2.24) is 0 Å². The number of phosphoric acid groups is 2. The van der Waals surface area contributed by atoms with E-state index in [1.807, 2.05) is 0 Å². The highest BCUT2D eigenvalue weighted by Gasteiger charge is 2.30. The molecule has 0 fully saturated rings. The van der Waals surface area contributed by atoms with Crippen molar-refractivity contribution in [1.29, 1.82) is 0 Å². The van der Waals surface area contributed by atoms with E-state index in [0.29, 0.717) is 31.6 Å². The minimum atomic E-state index is -4.96. The molecular weight excluding hydrogens is 1290 g/mol. The molecule has 0 aromatic heterocycles. The SMILES string of the molecule is CC(C)CCCCCCCCCCCCCCCCCCCCC(=O)O[C@H](COC(=O)CCCCCCCCCCCCCC(C)C)COP(=O)(O)OC[C@@H](O)COP(=O)(O)OC[C@@H](COC(=O)CCCCCCCCC(C)C)OC(=O)CCCCCCCCCCCCCCC(C)C. The molecule has 0 aromatic carbocycles. The number of aliphatic hydroxyl groups excluding tert-OH is 1. The van der Waals surface area contributed by atoms with Gasteiger partial charge in [0.15, 0.2) is 12.2 Å². The van der Waals surface area contributed by atoms with E-state index in [1.165, 1.54) is 205 Å². The molecule has 0 heterocycles. The lowest BCUT2D eigenvalue weighted by atomic mass is 10.0. The van der Waals surface area contributed by atoms with Gasteiger partial charge in [0.05, 0.1) is 26.4 Å². The van der Waals surface area contributed by atoms with Gasteiger partial charge >= 0.3 is 39.5 Å². The molecular formula is C80H156O17P2. The van der Waals surface area contributed by atoms with Crippen molar-refractivity contribution >= 4 is 39.5 Å². The summed E-state index contributed by atoms with van der Waals surface area (Å²) in [7, 11) is -9.92. The highest BCUT2D eigenvalue weighted by Crippen LogP contribution is 2.45. The summed E-state index contributed by atoms with van der Waals surface area (Å²) in [5.74, 6) is 0.930. The van der Waals surface area contributed by atoms with Gasteiger partial charge in [0.1, 0.15) is 19.3 Å². The second kappa shape index (κ2) is 69.1. The largest absolute Gasteiger partial charge is 0.472 e. The average Bonchev–Trinajstić information content (AvgIpc) is 1.35. The minimum Gasteiger partial charge on any atom is -0.462 e. The number of ether oxygens (including phenoxy) is 4. The van der Waals surface area contributed by atoms with Gasteiger partial charge in [-0.1, -0.05) is 357 Å². The zero-order chi connectivity index (χ0) is 73.1. The number of carbonyl (C=O) groups is 4. The number of hydrogen-bond donors (Lipinski definition) is 3. The third-order valence-corrected chi connectivity index (χ3v) is 20.5. The maximum absolute atomic E-state index is 13.1. The monoisotopic (exact) mass is 1450 g/mol. The molecule has 0 aromatic rings. The van der Waals surface area contributed by atoms with Gasteiger partial charge < -0.3 is 33.8 Å². The van der Waals surface area contributed by atoms with Gasteiger partial charge in [-0.25, -0.2) is 9.13 Å². The fourth-order valence-electron chi connectivity index (χ4n) is 12.3. The van der Waals surface area contributed by atoms with Crippen molar-refractivity contribution in [2.24, 2.45) is 23.7 Å². The highest BCUT2D eigenvalue weighted by molar-refractivity contribution is 7.47. The van der Waals surface area contributed by atoms with E-state index in [0.717, 1.165) is 114 Å². The topological polar surface area (TPSA) is 237 Å². The number of carbonyl (C=O) groups excluding carboxylic acids is 4. The zero-order valence-electron chi connectivity index (χ0n) is 65.1. The van der Waals surface area contributed by atoms with Crippen molar-refractivity contribution in [2.45, 2.75) is 427 Å². The van der Waals surface area contributed by atoms with E-state index in [2.05, 4.69) is 55.4 Å². The van der Waals surface area contributed by atoms with E-state index in [9.17, 15) is 43.2 Å². The van der Waals surface area contributed by atoms with Crippen molar-refractivity contribution < 1.29 is 80.2 Å². The Morgan fingerprint density at radius 3 is 0.626 bits per heavy atom. The number of esters is 4. The Hall–Kier alpha value is -1.94. The van der Waals surface area contributed by atoms with Gasteiger partial charge in [0, 0.05) is 25.7 Å². The lowest BCUT2D eigenvalue weighted by Crippen LogP contribution is -2.30. The first-order valence-corrected chi connectivity index (χ1v) is 44.2. The van der Waals surface area contributed by atoms with E-state index >= 15 is 0 Å². The van der Waals surface area contributed by atoms with Crippen molar-refractivity contribution in [2.75, 3.05) is 39.6 Å².